The fourth-order valence-electron chi connectivity index (χ4n) is 1.67. The average Bonchev–Trinajstić information content (AvgIpc) is 3.06. The summed E-state index contributed by atoms with van der Waals surface area (Å²) in [5.41, 5.74) is 0. The van der Waals surface area contributed by atoms with E-state index in [1.54, 1.807) is 14.2 Å². The molecule has 0 radical (unpaired) electrons. The average molecular weight is 223 g/mol. The Morgan fingerprint density at radius 3 is 2.62 bits per heavy atom. The third-order valence-electron chi connectivity index (χ3n) is 2.78. The van der Waals surface area contributed by atoms with E-state index in [9.17, 15) is 0 Å². The number of anilines is 2. The molecule has 2 unspecified atom stereocenters. The van der Waals surface area contributed by atoms with Gasteiger partial charge in [0.15, 0.2) is 0 Å². The molecule has 0 aliphatic heterocycles. The maximum absolute atomic E-state index is 5.01. The lowest BCUT2D eigenvalue weighted by Crippen LogP contribution is -2.11. The number of rotatable bonds is 5. The van der Waals surface area contributed by atoms with E-state index in [-0.39, 0.29) is 0 Å². The van der Waals surface area contributed by atoms with Gasteiger partial charge in [-0.3, -0.25) is 0 Å². The first-order valence-electron chi connectivity index (χ1n) is 5.51. The van der Waals surface area contributed by atoms with Crippen molar-refractivity contribution in [3.05, 3.63) is 0 Å². The predicted molar refractivity (Wildman–Crippen MR) is 61.7 cm³/mol. The zero-order valence-electron chi connectivity index (χ0n) is 9.82. The molecule has 2 N–H and O–H groups in total. The van der Waals surface area contributed by atoms with E-state index in [4.69, 9.17) is 4.74 Å². The minimum atomic E-state index is 0.329. The van der Waals surface area contributed by atoms with Gasteiger partial charge in [-0.05, 0) is 12.3 Å². The Balaban J connectivity index is 2.08. The lowest BCUT2D eigenvalue weighted by atomic mass is 10.3. The fourth-order valence-corrected chi connectivity index (χ4v) is 1.67. The van der Waals surface area contributed by atoms with Gasteiger partial charge in [-0.1, -0.05) is 13.3 Å². The van der Waals surface area contributed by atoms with Crippen LogP contribution >= 0.6 is 0 Å². The van der Waals surface area contributed by atoms with Gasteiger partial charge in [0, 0.05) is 13.1 Å². The second-order valence-corrected chi connectivity index (χ2v) is 3.87. The number of nitrogens with one attached hydrogen (secondary N) is 2. The van der Waals surface area contributed by atoms with Crippen LogP contribution < -0.4 is 15.4 Å². The molecule has 0 amide bonds. The molecule has 1 saturated carbocycles. The highest BCUT2D eigenvalue weighted by Gasteiger charge is 2.35. The Labute approximate surface area is 94.9 Å². The van der Waals surface area contributed by atoms with E-state index in [2.05, 4.69) is 32.5 Å². The van der Waals surface area contributed by atoms with Crippen LogP contribution in [0.2, 0.25) is 0 Å². The van der Waals surface area contributed by atoms with E-state index < -0.39 is 0 Å². The number of nitrogens with zero attached hydrogens (tertiary/aromatic N) is 3. The quantitative estimate of drug-likeness (QED) is 0.779. The Morgan fingerprint density at radius 1 is 1.31 bits per heavy atom. The van der Waals surface area contributed by atoms with Crippen molar-refractivity contribution in [2.75, 3.05) is 24.8 Å². The second kappa shape index (κ2) is 4.51. The van der Waals surface area contributed by atoms with Crippen LogP contribution in [0.4, 0.5) is 11.9 Å². The van der Waals surface area contributed by atoms with Gasteiger partial charge in [0.25, 0.3) is 0 Å². The van der Waals surface area contributed by atoms with Crippen LogP contribution in [0.25, 0.3) is 0 Å². The molecule has 6 nitrogen and oxygen atoms in total. The zero-order valence-corrected chi connectivity index (χ0v) is 9.82. The summed E-state index contributed by atoms with van der Waals surface area (Å²) >= 11 is 0. The van der Waals surface area contributed by atoms with Crippen LogP contribution in [0.5, 0.6) is 6.01 Å². The van der Waals surface area contributed by atoms with Gasteiger partial charge >= 0.3 is 6.01 Å². The Hall–Kier alpha value is -1.59. The van der Waals surface area contributed by atoms with Crippen molar-refractivity contribution in [3.8, 4) is 6.01 Å². The van der Waals surface area contributed by atoms with Crippen molar-refractivity contribution in [2.45, 2.75) is 25.8 Å². The summed E-state index contributed by atoms with van der Waals surface area (Å²) in [6.07, 6.45) is 2.39. The SMILES string of the molecule is CCC1CC1Nc1nc(NC)nc(OC)n1. The summed E-state index contributed by atoms with van der Waals surface area (Å²) in [7, 11) is 3.31. The number of aromatic nitrogens is 3. The molecule has 2 atom stereocenters. The van der Waals surface area contributed by atoms with Crippen molar-refractivity contribution in [1.29, 1.82) is 0 Å². The third-order valence-corrected chi connectivity index (χ3v) is 2.78. The summed E-state index contributed by atoms with van der Waals surface area (Å²) in [5, 5.41) is 6.16. The largest absolute Gasteiger partial charge is 0.467 e. The first kappa shape index (κ1) is 10.9. The zero-order chi connectivity index (χ0) is 11.5. The molecule has 1 fully saturated rings. The van der Waals surface area contributed by atoms with Crippen molar-refractivity contribution >= 4 is 11.9 Å². The van der Waals surface area contributed by atoms with E-state index in [0.717, 1.165) is 5.92 Å². The molecule has 1 aliphatic carbocycles. The molecule has 1 aliphatic rings. The molecule has 0 aromatic carbocycles. The first-order chi connectivity index (χ1) is 7.76. The number of ether oxygens (including phenoxy) is 1. The monoisotopic (exact) mass is 223 g/mol. The fraction of sp³-hybridized carbons (Fsp3) is 0.700. The minimum Gasteiger partial charge on any atom is -0.467 e. The van der Waals surface area contributed by atoms with Gasteiger partial charge in [0.1, 0.15) is 0 Å². The molecule has 16 heavy (non-hydrogen) atoms. The Bertz CT molecular complexity index is 348. The third kappa shape index (κ3) is 2.32. The normalized spacial score (nSPS) is 22.7. The molecule has 1 heterocycles. The van der Waals surface area contributed by atoms with Crippen molar-refractivity contribution in [3.63, 3.8) is 0 Å². The second-order valence-electron chi connectivity index (χ2n) is 3.87. The molecule has 6 heteroatoms. The standard InChI is InChI=1S/C10H17N5O/c1-4-6-5-7(6)12-9-13-8(11-2)14-10(15-9)16-3/h6-7H,4-5H2,1-3H3,(H2,11,12,13,14,15). The maximum atomic E-state index is 5.01. The smallest absolute Gasteiger partial charge is 0.322 e. The topological polar surface area (TPSA) is 72.0 Å². The highest BCUT2D eigenvalue weighted by Crippen LogP contribution is 2.35. The summed E-state index contributed by atoms with van der Waals surface area (Å²) in [6, 6.07) is 0.831. The van der Waals surface area contributed by atoms with Gasteiger partial charge in [-0.25, -0.2) is 0 Å². The summed E-state index contributed by atoms with van der Waals surface area (Å²) in [5.74, 6) is 1.85. The van der Waals surface area contributed by atoms with Crippen molar-refractivity contribution in [1.82, 2.24) is 15.0 Å². The van der Waals surface area contributed by atoms with E-state index in [1.165, 1.54) is 12.8 Å². The highest BCUT2D eigenvalue weighted by molar-refractivity contribution is 5.37. The molecule has 0 spiro atoms. The van der Waals surface area contributed by atoms with Gasteiger partial charge in [-0.15, -0.1) is 0 Å². The molecular weight excluding hydrogens is 206 g/mol. The molecule has 88 valence electrons. The lowest BCUT2D eigenvalue weighted by Gasteiger charge is -2.07. The molecule has 0 bridgehead atoms. The molecule has 1 aromatic heterocycles. The van der Waals surface area contributed by atoms with Crippen LogP contribution in [0.3, 0.4) is 0 Å². The van der Waals surface area contributed by atoms with E-state index in [0.29, 0.717) is 23.9 Å². The Morgan fingerprint density at radius 2 is 2.06 bits per heavy atom. The Kier molecular flexibility index (Phi) is 3.07. The van der Waals surface area contributed by atoms with E-state index >= 15 is 0 Å². The molecular formula is C10H17N5O. The summed E-state index contributed by atoms with van der Waals surface area (Å²) in [6.45, 7) is 2.19. The number of hydrogen-bond acceptors (Lipinski definition) is 6. The molecule has 2 rings (SSSR count). The number of methoxy groups -OCH3 is 1. The maximum Gasteiger partial charge on any atom is 0.322 e. The van der Waals surface area contributed by atoms with Crippen molar-refractivity contribution < 1.29 is 4.74 Å². The van der Waals surface area contributed by atoms with Crippen LogP contribution in [0.1, 0.15) is 19.8 Å². The first-order valence-corrected chi connectivity index (χ1v) is 5.51. The van der Waals surface area contributed by atoms with E-state index in [1.807, 2.05) is 0 Å². The van der Waals surface area contributed by atoms with Gasteiger partial charge in [-0.2, -0.15) is 15.0 Å². The van der Waals surface area contributed by atoms with Gasteiger partial charge < -0.3 is 15.4 Å². The molecule has 1 aromatic rings. The van der Waals surface area contributed by atoms with Crippen LogP contribution in [0, 0.1) is 5.92 Å². The van der Waals surface area contributed by atoms with Crippen LogP contribution in [0.15, 0.2) is 0 Å². The van der Waals surface area contributed by atoms with Crippen LogP contribution in [-0.2, 0) is 0 Å². The van der Waals surface area contributed by atoms with Crippen molar-refractivity contribution in [2.24, 2.45) is 5.92 Å². The minimum absolute atomic E-state index is 0.329. The lowest BCUT2D eigenvalue weighted by molar-refractivity contribution is 0.379. The number of hydrogen-bond donors (Lipinski definition) is 2. The highest BCUT2D eigenvalue weighted by atomic mass is 16.5. The summed E-state index contributed by atoms with van der Waals surface area (Å²) in [4.78, 5) is 12.4. The predicted octanol–water partition coefficient (Wildman–Crippen LogP) is 1.13. The van der Waals surface area contributed by atoms with Gasteiger partial charge in [0.05, 0.1) is 7.11 Å². The van der Waals surface area contributed by atoms with Gasteiger partial charge in [0.2, 0.25) is 11.9 Å². The summed E-state index contributed by atoms with van der Waals surface area (Å²) < 4.78 is 5.01. The molecule has 0 saturated heterocycles. The van der Waals surface area contributed by atoms with Crippen LogP contribution in [-0.4, -0.2) is 35.2 Å².